The first-order valence-corrected chi connectivity index (χ1v) is 16.7. The van der Waals surface area contributed by atoms with E-state index in [0.29, 0.717) is 33.3 Å². The number of nitrogens with one attached hydrogen (secondary N) is 3. The van der Waals surface area contributed by atoms with Crippen molar-refractivity contribution in [1.82, 2.24) is 35.0 Å². The average Bonchev–Trinajstić information content (AvgIpc) is 3.46. The minimum Gasteiger partial charge on any atom is -0.494 e. The summed E-state index contributed by atoms with van der Waals surface area (Å²) in [4.78, 5) is 20.7. The highest BCUT2D eigenvalue weighted by Crippen LogP contribution is 2.43. The maximum absolute atomic E-state index is 6.24. The van der Waals surface area contributed by atoms with Gasteiger partial charge in [-0.3, -0.25) is 9.67 Å². The lowest BCUT2D eigenvalue weighted by Gasteiger charge is -2.31. The fourth-order valence-corrected chi connectivity index (χ4v) is 5.78. The molecule has 6 rings (SSSR count). The van der Waals surface area contributed by atoms with Crippen molar-refractivity contribution < 1.29 is 9.26 Å². The number of hydrogen-bond donors (Lipinski definition) is 3. The van der Waals surface area contributed by atoms with Gasteiger partial charge in [-0.1, -0.05) is 0 Å². The molecule has 4 heterocycles. The van der Waals surface area contributed by atoms with Crippen molar-refractivity contribution in [2.45, 2.75) is 0 Å². The number of benzene rings is 2. The van der Waals surface area contributed by atoms with Crippen LogP contribution in [0, 0.1) is 0 Å². The molecule has 230 valence electrons. The van der Waals surface area contributed by atoms with Crippen LogP contribution in [0.4, 0.5) is 28.8 Å². The number of ether oxygens (including phenoxy) is 1. The van der Waals surface area contributed by atoms with E-state index < -0.39 is 8.15 Å². The Morgan fingerprint density at radius 1 is 1.00 bits per heavy atom. The normalized spacial score (nSPS) is 13.1. The molecule has 44 heavy (non-hydrogen) atoms. The number of nitrogens with zero attached hydrogens (tertiary/aromatic N) is 7. The van der Waals surface area contributed by atoms with Crippen LogP contribution < -0.4 is 30.1 Å². The summed E-state index contributed by atoms with van der Waals surface area (Å²) in [5.41, 5.74) is 6.06. The molecule has 2 aromatic carbocycles. The molecular formula is C29H33BrClN10O2P. The van der Waals surface area contributed by atoms with Crippen LogP contribution in [-0.2, 0) is 7.05 Å². The number of aryl methyl sites for hydroxylation is 1. The molecule has 15 heteroatoms. The highest BCUT2D eigenvalue weighted by molar-refractivity contribution is 9.10. The quantitative estimate of drug-likeness (QED) is 0.158. The average molecular weight is 700 g/mol. The molecule has 1 fully saturated rings. The summed E-state index contributed by atoms with van der Waals surface area (Å²) in [7, 11) is 2.87. The minimum absolute atomic E-state index is 0. The lowest BCUT2D eigenvalue weighted by atomic mass is 10.0. The zero-order valence-corrected chi connectivity index (χ0v) is 28.0. The van der Waals surface area contributed by atoms with E-state index in [4.69, 9.17) is 14.2 Å². The molecule has 0 radical (unpaired) electrons. The number of piperazine rings is 1. The third-order valence-corrected chi connectivity index (χ3v) is 8.03. The molecule has 0 amide bonds. The number of rotatable bonds is 9. The Labute approximate surface area is 271 Å². The number of aromatic nitrogens is 6. The van der Waals surface area contributed by atoms with Gasteiger partial charge in [-0.05, 0) is 47.5 Å². The second-order valence-electron chi connectivity index (χ2n) is 10.1. The zero-order valence-electron chi connectivity index (χ0n) is 24.7. The van der Waals surface area contributed by atoms with Crippen molar-refractivity contribution >= 4 is 76.3 Å². The Kier molecular flexibility index (Phi) is 10.00. The predicted octanol–water partition coefficient (Wildman–Crippen LogP) is 5.95. The number of anilines is 5. The highest BCUT2D eigenvalue weighted by Gasteiger charge is 2.21. The summed E-state index contributed by atoms with van der Waals surface area (Å²) in [6.45, 7) is 7.73. The van der Waals surface area contributed by atoms with Crippen LogP contribution in [0.25, 0.3) is 22.2 Å². The third-order valence-electron chi connectivity index (χ3n) is 6.90. The van der Waals surface area contributed by atoms with Crippen LogP contribution in [-0.4, -0.2) is 76.3 Å². The van der Waals surface area contributed by atoms with Gasteiger partial charge in [-0.25, -0.2) is 9.97 Å². The highest BCUT2D eigenvalue weighted by atomic mass is 79.9. The van der Waals surface area contributed by atoms with Crippen LogP contribution in [0.3, 0.4) is 0 Å². The summed E-state index contributed by atoms with van der Waals surface area (Å²) >= 11 is 3.60. The molecule has 1 aliphatic heterocycles. The molecule has 0 saturated carbocycles. The van der Waals surface area contributed by atoms with E-state index in [0.717, 1.165) is 59.9 Å². The lowest BCUT2D eigenvalue weighted by Crippen LogP contribution is -2.43. The molecule has 12 nitrogen and oxygen atoms in total. The molecule has 0 aliphatic carbocycles. The Morgan fingerprint density at radius 3 is 2.52 bits per heavy atom. The molecule has 3 aromatic heterocycles. The van der Waals surface area contributed by atoms with Gasteiger partial charge in [0, 0.05) is 80.9 Å². The van der Waals surface area contributed by atoms with Gasteiger partial charge in [0.05, 0.1) is 42.8 Å². The first-order chi connectivity index (χ1) is 20.9. The first kappa shape index (κ1) is 31.6. The van der Waals surface area contributed by atoms with E-state index in [1.165, 1.54) is 0 Å². The van der Waals surface area contributed by atoms with Gasteiger partial charge in [0.25, 0.3) is 0 Å². The summed E-state index contributed by atoms with van der Waals surface area (Å²) < 4.78 is 14.6. The van der Waals surface area contributed by atoms with Crippen molar-refractivity contribution in [1.29, 1.82) is 0 Å². The van der Waals surface area contributed by atoms with Crippen molar-refractivity contribution in [2.75, 3.05) is 62.2 Å². The third kappa shape index (κ3) is 6.81. The van der Waals surface area contributed by atoms with E-state index in [2.05, 4.69) is 69.0 Å². The number of halogens is 2. The summed E-state index contributed by atoms with van der Waals surface area (Å²) in [5.74, 6) is 2.27. The Hall–Kier alpha value is -3.77. The molecule has 0 spiro atoms. The molecule has 1 saturated heterocycles. The maximum atomic E-state index is 6.24. The van der Waals surface area contributed by atoms with Gasteiger partial charge < -0.3 is 30.1 Å². The summed E-state index contributed by atoms with van der Waals surface area (Å²) in [5, 5.41) is 14.6. The molecule has 3 N–H and O–H groups in total. The molecular weight excluding hydrogens is 667 g/mol. The van der Waals surface area contributed by atoms with Crippen LogP contribution in [0.15, 0.2) is 59.7 Å². The fourth-order valence-electron chi connectivity index (χ4n) is 4.94. The Bertz CT molecular complexity index is 1770. The predicted molar refractivity (Wildman–Crippen MR) is 183 cm³/mol. The standard InChI is InChI=1S/C29H32BrN10O2P.ClH/c1-39-17-18(15-35-39)19-13-23(25(41-2)14-24(19)40-11-9-31-10-12-40)37-29-34-16-20(30)28(38-29)36-22-6-5-21-26(33-8-7-32-21)27(22)42-43(3)4;/h5-8,13-17,31H,9-12H2,1-4H3,(H2,34,36,37,38);1H. The van der Waals surface area contributed by atoms with E-state index in [-0.39, 0.29) is 12.4 Å². The topological polar surface area (TPSA) is 127 Å². The number of methoxy groups -OCH3 is 1. The van der Waals surface area contributed by atoms with Gasteiger partial charge in [0.15, 0.2) is 5.75 Å². The van der Waals surface area contributed by atoms with E-state index in [1.54, 1.807) is 30.4 Å². The van der Waals surface area contributed by atoms with Gasteiger partial charge in [-0.15, -0.1) is 12.4 Å². The molecule has 1 aliphatic rings. The van der Waals surface area contributed by atoms with Gasteiger partial charge in [0.2, 0.25) is 5.95 Å². The zero-order chi connectivity index (χ0) is 29.9. The van der Waals surface area contributed by atoms with Gasteiger partial charge in [0.1, 0.15) is 17.1 Å². The monoisotopic (exact) mass is 698 g/mol. The lowest BCUT2D eigenvalue weighted by molar-refractivity contribution is 0.416. The van der Waals surface area contributed by atoms with Crippen LogP contribution in [0.1, 0.15) is 0 Å². The van der Waals surface area contributed by atoms with Crippen molar-refractivity contribution in [3.8, 4) is 22.6 Å². The van der Waals surface area contributed by atoms with E-state index in [9.17, 15) is 0 Å². The van der Waals surface area contributed by atoms with Crippen molar-refractivity contribution in [2.24, 2.45) is 7.05 Å². The second-order valence-corrected chi connectivity index (χ2v) is 12.8. The molecule has 0 unspecified atom stereocenters. The Balaban J connectivity index is 0.00000384. The van der Waals surface area contributed by atoms with Crippen LogP contribution in [0.5, 0.6) is 11.5 Å². The van der Waals surface area contributed by atoms with Crippen molar-refractivity contribution in [3.05, 3.63) is 59.7 Å². The fraction of sp³-hybridized carbons (Fsp3) is 0.276. The molecule has 0 bridgehead atoms. The smallest absolute Gasteiger partial charge is 0.229 e. The Morgan fingerprint density at radius 2 is 1.80 bits per heavy atom. The van der Waals surface area contributed by atoms with E-state index >= 15 is 0 Å². The number of hydrogen-bond acceptors (Lipinski definition) is 11. The van der Waals surface area contributed by atoms with Gasteiger partial charge >= 0.3 is 0 Å². The molecule has 5 aromatic rings. The maximum Gasteiger partial charge on any atom is 0.229 e. The summed E-state index contributed by atoms with van der Waals surface area (Å²) in [6, 6.07) is 7.97. The SMILES string of the molecule is COc1cc(N2CCNCC2)c(-c2cnn(C)c2)cc1Nc1ncc(Br)c(Nc2ccc3nccnc3c2OP(C)C)n1.Cl. The van der Waals surface area contributed by atoms with Crippen molar-refractivity contribution in [3.63, 3.8) is 0 Å². The van der Waals surface area contributed by atoms with Crippen LogP contribution >= 0.6 is 36.5 Å². The van der Waals surface area contributed by atoms with Gasteiger partial charge in [-0.2, -0.15) is 10.1 Å². The first-order valence-electron chi connectivity index (χ1n) is 13.7. The summed E-state index contributed by atoms with van der Waals surface area (Å²) in [6.07, 6.45) is 8.93. The number of fused-ring (bicyclic) bond motifs is 1. The second kappa shape index (κ2) is 13.9. The largest absolute Gasteiger partial charge is 0.494 e. The molecule has 0 atom stereocenters. The minimum atomic E-state index is -0.714. The van der Waals surface area contributed by atoms with Crippen LogP contribution in [0.2, 0.25) is 0 Å². The van der Waals surface area contributed by atoms with E-state index in [1.807, 2.05) is 44.9 Å².